The van der Waals surface area contributed by atoms with Crippen LogP contribution in [0.25, 0.3) is 10.9 Å². The third-order valence-corrected chi connectivity index (χ3v) is 5.66. The summed E-state index contributed by atoms with van der Waals surface area (Å²) in [6, 6.07) is 14.8. The van der Waals surface area contributed by atoms with Crippen molar-refractivity contribution in [2.45, 2.75) is 6.61 Å². The van der Waals surface area contributed by atoms with Crippen molar-refractivity contribution in [1.82, 2.24) is 9.66 Å². The molecule has 1 heterocycles. The lowest BCUT2D eigenvalue weighted by molar-refractivity contribution is 0.306. The van der Waals surface area contributed by atoms with Gasteiger partial charge in [0.2, 0.25) is 0 Å². The SMILES string of the molecule is O=c1[nH]c2ccccc2c(=O)n1N=Cc1cc(Cl)c(OCc2ccc(Cl)cc2Cl)c(Cl)c1. The zero-order valence-electron chi connectivity index (χ0n) is 16.1. The molecule has 0 radical (unpaired) electrons. The second-order valence-corrected chi connectivity index (χ2v) is 8.33. The average molecular weight is 509 g/mol. The highest BCUT2D eigenvalue weighted by atomic mass is 35.5. The van der Waals surface area contributed by atoms with E-state index in [1.165, 1.54) is 6.21 Å². The number of nitrogens with zero attached hydrogens (tertiary/aromatic N) is 2. The van der Waals surface area contributed by atoms with Gasteiger partial charge in [-0.2, -0.15) is 5.10 Å². The Hall–Kier alpha value is -2.77. The number of nitrogens with one attached hydrogen (secondary N) is 1. The zero-order valence-corrected chi connectivity index (χ0v) is 19.1. The number of para-hydroxylation sites is 1. The minimum Gasteiger partial charge on any atom is -0.486 e. The maximum Gasteiger partial charge on any atom is 0.349 e. The van der Waals surface area contributed by atoms with Gasteiger partial charge in [0.05, 0.1) is 27.2 Å². The summed E-state index contributed by atoms with van der Waals surface area (Å²) in [6.07, 6.45) is 1.31. The van der Waals surface area contributed by atoms with E-state index in [4.69, 9.17) is 51.1 Å². The van der Waals surface area contributed by atoms with Crippen molar-refractivity contribution in [3.8, 4) is 5.75 Å². The third kappa shape index (κ3) is 4.69. The van der Waals surface area contributed by atoms with Gasteiger partial charge >= 0.3 is 5.69 Å². The van der Waals surface area contributed by atoms with Crippen LogP contribution < -0.4 is 16.0 Å². The Kier molecular flexibility index (Phi) is 6.58. The van der Waals surface area contributed by atoms with Crippen molar-refractivity contribution >= 4 is 63.5 Å². The normalized spacial score (nSPS) is 11.4. The number of aromatic nitrogens is 2. The molecule has 0 saturated heterocycles. The van der Waals surface area contributed by atoms with Crippen molar-refractivity contribution in [2.75, 3.05) is 0 Å². The first kappa shape index (κ1) is 22.4. The Balaban J connectivity index is 1.60. The number of ether oxygens (including phenoxy) is 1. The number of H-pyrrole nitrogens is 1. The molecule has 0 aliphatic heterocycles. The van der Waals surface area contributed by atoms with Crippen molar-refractivity contribution in [1.29, 1.82) is 0 Å². The fourth-order valence-corrected chi connectivity index (χ4v) is 4.04. The molecule has 1 N–H and O–H groups in total. The molecule has 0 amide bonds. The summed E-state index contributed by atoms with van der Waals surface area (Å²) in [5.41, 5.74) is 0.405. The number of benzene rings is 3. The van der Waals surface area contributed by atoms with Crippen LogP contribution in [0.15, 0.2) is 69.3 Å². The molecule has 0 saturated carbocycles. The quantitative estimate of drug-likeness (QED) is 0.348. The average Bonchev–Trinajstić information content (AvgIpc) is 2.74. The second-order valence-electron chi connectivity index (χ2n) is 6.68. The first-order valence-electron chi connectivity index (χ1n) is 9.17. The first-order chi connectivity index (χ1) is 15.3. The number of hydrogen-bond acceptors (Lipinski definition) is 4. The highest BCUT2D eigenvalue weighted by Crippen LogP contribution is 2.35. The summed E-state index contributed by atoms with van der Waals surface area (Å²) in [4.78, 5) is 27.4. The largest absolute Gasteiger partial charge is 0.486 e. The van der Waals surface area contributed by atoms with Crippen LogP contribution in [-0.2, 0) is 6.61 Å². The highest BCUT2D eigenvalue weighted by molar-refractivity contribution is 6.37. The van der Waals surface area contributed by atoms with E-state index in [9.17, 15) is 9.59 Å². The molecule has 0 spiro atoms. The van der Waals surface area contributed by atoms with E-state index in [0.717, 1.165) is 4.68 Å². The number of hydrogen-bond donors (Lipinski definition) is 1. The summed E-state index contributed by atoms with van der Waals surface area (Å²) in [5, 5.41) is 5.76. The summed E-state index contributed by atoms with van der Waals surface area (Å²) < 4.78 is 6.47. The Bertz CT molecular complexity index is 1450. The van der Waals surface area contributed by atoms with Crippen LogP contribution in [0.4, 0.5) is 0 Å². The fourth-order valence-electron chi connectivity index (χ4n) is 2.96. The first-order valence-corrected chi connectivity index (χ1v) is 10.7. The van der Waals surface area contributed by atoms with Crippen molar-refractivity contribution in [2.24, 2.45) is 5.10 Å². The fraction of sp³-hybridized carbons (Fsp3) is 0.0455. The Morgan fingerprint density at radius 3 is 2.38 bits per heavy atom. The summed E-state index contributed by atoms with van der Waals surface area (Å²) in [6.45, 7) is 0.130. The molecule has 6 nitrogen and oxygen atoms in total. The molecule has 0 atom stereocenters. The Morgan fingerprint density at radius 1 is 0.938 bits per heavy atom. The molecule has 4 aromatic rings. The van der Waals surface area contributed by atoms with E-state index in [0.29, 0.717) is 32.1 Å². The number of halogens is 4. The minimum atomic E-state index is -0.665. The lowest BCUT2D eigenvalue weighted by Crippen LogP contribution is -2.32. The molecule has 0 aliphatic rings. The van der Waals surface area contributed by atoms with Crippen LogP contribution in [0, 0.1) is 0 Å². The summed E-state index contributed by atoms with van der Waals surface area (Å²) in [7, 11) is 0. The van der Waals surface area contributed by atoms with Gasteiger partial charge in [0.1, 0.15) is 6.61 Å². The molecule has 4 rings (SSSR count). The van der Waals surface area contributed by atoms with E-state index in [-0.39, 0.29) is 22.4 Å². The van der Waals surface area contributed by atoms with E-state index in [1.807, 2.05) is 0 Å². The van der Waals surface area contributed by atoms with Gasteiger partial charge in [0.15, 0.2) is 5.75 Å². The maximum absolute atomic E-state index is 12.6. The molecule has 162 valence electrons. The van der Waals surface area contributed by atoms with Crippen LogP contribution in [0.2, 0.25) is 20.1 Å². The molecular formula is C22H13Cl4N3O3. The summed E-state index contributed by atoms with van der Waals surface area (Å²) in [5.74, 6) is 0.261. The van der Waals surface area contributed by atoms with E-state index in [1.54, 1.807) is 54.6 Å². The van der Waals surface area contributed by atoms with Gasteiger partial charge in [-0.1, -0.05) is 64.6 Å². The van der Waals surface area contributed by atoms with Crippen LogP contribution >= 0.6 is 46.4 Å². The van der Waals surface area contributed by atoms with Crippen LogP contribution in [-0.4, -0.2) is 15.9 Å². The van der Waals surface area contributed by atoms with E-state index in [2.05, 4.69) is 10.1 Å². The third-order valence-electron chi connectivity index (χ3n) is 4.51. The Morgan fingerprint density at radius 2 is 1.66 bits per heavy atom. The van der Waals surface area contributed by atoms with Crippen LogP contribution in [0.3, 0.4) is 0 Å². The maximum atomic E-state index is 12.6. The standard InChI is InChI=1S/C22H13Cl4N3O3/c23-14-6-5-13(16(24)9-14)11-32-20-17(25)7-12(8-18(20)26)10-27-29-21(30)15-3-1-2-4-19(15)28-22(29)31/h1-10H,11H2,(H,28,31). The van der Waals surface area contributed by atoms with Crippen LogP contribution in [0.5, 0.6) is 5.75 Å². The van der Waals surface area contributed by atoms with Gasteiger partial charge in [-0.3, -0.25) is 4.79 Å². The lowest BCUT2D eigenvalue weighted by atomic mass is 10.2. The van der Waals surface area contributed by atoms with E-state index >= 15 is 0 Å². The molecule has 10 heteroatoms. The van der Waals surface area contributed by atoms with Gasteiger partial charge < -0.3 is 9.72 Å². The predicted octanol–water partition coefficient (Wildman–Crippen LogP) is 5.76. The molecule has 0 unspecified atom stereocenters. The lowest BCUT2D eigenvalue weighted by Gasteiger charge is -2.12. The molecule has 0 aliphatic carbocycles. The van der Waals surface area contributed by atoms with Gasteiger partial charge in [-0.25, -0.2) is 4.79 Å². The Labute approximate surface area is 201 Å². The van der Waals surface area contributed by atoms with Crippen molar-refractivity contribution in [3.63, 3.8) is 0 Å². The topological polar surface area (TPSA) is 76.5 Å². The summed E-state index contributed by atoms with van der Waals surface area (Å²) >= 11 is 24.7. The van der Waals surface area contributed by atoms with Gasteiger partial charge in [0.25, 0.3) is 5.56 Å². The van der Waals surface area contributed by atoms with Gasteiger partial charge in [-0.05, 0) is 42.0 Å². The minimum absolute atomic E-state index is 0.130. The number of fused-ring (bicyclic) bond motifs is 1. The molecule has 0 bridgehead atoms. The predicted molar refractivity (Wildman–Crippen MR) is 129 cm³/mol. The number of aromatic amines is 1. The van der Waals surface area contributed by atoms with Crippen LogP contribution in [0.1, 0.15) is 11.1 Å². The smallest absolute Gasteiger partial charge is 0.349 e. The van der Waals surface area contributed by atoms with Crippen molar-refractivity contribution < 1.29 is 4.74 Å². The van der Waals surface area contributed by atoms with Gasteiger partial charge in [-0.15, -0.1) is 4.68 Å². The van der Waals surface area contributed by atoms with Gasteiger partial charge in [0, 0.05) is 15.6 Å². The number of rotatable bonds is 5. The monoisotopic (exact) mass is 507 g/mol. The molecule has 1 aromatic heterocycles. The van der Waals surface area contributed by atoms with Crippen molar-refractivity contribution in [3.05, 3.63) is 107 Å². The molecule has 3 aromatic carbocycles. The zero-order chi connectivity index (χ0) is 22.8. The second kappa shape index (κ2) is 9.38. The molecule has 32 heavy (non-hydrogen) atoms. The highest BCUT2D eigenvalue weighted by Gasteiger charge is 2.12. The molecule has 0 fully saturated rings. The van der Waals surface area contributed by atoms with E-state index < -0.39 is 11.2 Å². The molecular weight excluding hydrogens is 496 g/mol.